The molecule has 0 radical (unpaired) electrons. The van der Waals surface area contributed by atoms with Crippen molar-refractivity contribution in [3.8, 4) is 11.6 Å². The fourth-order valence-corrected chi connectivity index (χ4v) is 1.11. The van der Waals surface area contributed by atoms with E-state index in [-0.39, 0.29) is 12.2 Å². The summed E-state index contributed by atoms with van der Waals surface area (Å²) in [4.78, 5) is 4.06. The third-order valence-corrected chi connectivity index (χ3v) is 1.62. The minimum Gasteiger partial charge on any atom is -0.489 e. The van der Waals surface area contributed by atoms with E-state index in [9.17, 15) is 0 Å². The van der Waals surface area contributed by atoms with Crippen LogP contribution in [0.3, 0.4) is 0 Å². The average molecular weight is 210 g/mol. The zero-order valence-electron chi connectivity index (χ0n) is 9.65. The Bertz CT molecular complexity index is 296. The molecule has 0 saturated carbocycles. The van der Waals surface area contributed by atoms with E-state index >= 15 is 0 Å². The molecular weight excluding hydrogens is 192 g/mol. The number of nitrogens with zero attached hydrogens (tertiary/aromatic N) is 1. The second-order valence-corrected chi connectivity index (χ2v) is 3.86. The second-order valence-electron chi connectivity index (χ2n) is 3.86. The fraction of sp³-hybridized carbons (Fsp3) is 0.545. The number of aromatic nitrogens is 1. The predicted octanol–water partition coefficient (Wildman–Crippen LogP) is 2.24. The van der Waals surface area contributed by atoms with Crippen molar-refractivity contribution >= 4 is 5.69 Å². The molecule has 84 valence electrons. The van der Waals surface area contributed by atoms with Crippen molar-refractivity contribution in [1.82, 2.24) is 4.98 Å². The largest absolute Gasteiger partial charge is 0.489 e. The van der Waals surface area contributed by atoms with E-state index in [2.05, 4.69) is 4.98 Å². The first-order chi connectivity index (χ1) is 7.00. The summed E-state index contributed by atoms with van der Waals surface area (Å²) in [5, 5.41) is 0. The van der Waals surface area contributed by atoms with Crippen LogP contribution in [0.15, 0.2) is 12.3 Å². The van der Waals surface area contributed by atoms with Gasteiger partial charge in [-0.3, -0.25) is 0 Å². The van der Waals surface area contributed by atoms with Crippen molar-refractivity contribution < 1.29 is 9.47 Å². The highest BCUT2D eigenvalue weighted by atomic mass is 16.5. The Kier molecular flexibility index (Phi) is 3.77. The van der Waals surface area contributed by atoms with Gasteiger partial charge in [-0.25, -0.2) is 4.98 Å². The Balaban J connectivity index is 2.90. The first-order valence-corrected chi connectivity index (χ1v) is 5.08. The minimum absolute atomic E-state index is 0.0501. The van der Waals surface area contributed by atoms with Crippen molar-refractivity contribution in [3.63, 3.8) is 0 Å². The Morgan fingerprint density at radius 2 is 1.73 bits per heavy atom. The predicted molar refractivity (Wildman–Crippen MR) is 60.2 cm³/mol. The van der Waals surface area contributed by atoms with Crippen molar-refractivity contribution in [3.05, 3.63) is 12.3 Å². The molecule has 0 bridgehead atoms. The maximum atomic E-state index is 5.87. The number of hydrogen-bond donors (Lipinski definition) is 1. The number of hydrogen-bond acceptors (Lipinski definition) is 4. The topological polar surface area (TPSA) is 57.4 Å². The van der Waals surface area contributed by atoms with Gasteiger partial charge in [-0.2, -0.15) is 0 Å². The third-order valence-electron chi connectivity index (χ3n) is 1.62. The molecule has 0 saturated heterocycles. The van der Waals surface area contributed by atoms with Crippen LogP contribution in [0.4, 0.5) is 5.69 Å². The van der Waals surface area contributed by atoms with E-state index in [4.69, 9.17) is 15.2 Å². The van der Waals surface area contributed by atoms with Gasteiger partial charge < -0.3 is 15.2 Å². The van der Waals surface area contributed by atoms with Crippen LogP contribution in [0.2, 0.25) is 0 Å². The zero-order valence-corrected chi connectivity index (χ0v) is 9.65. The lowest BCUT2D eigenvalue weighted by Gasteiger charge is -2.15. The van der Waals surface area contributed by atoms with E-state index in [1.807, 2.05) is 27.7 Å². The number of rotatable bonds is 4. The third kappa shape index (κ3) is 3.31. The van der Waals surface area contributed by atoms with Crippen molar-refractivity contribution in [2.45, 2.75) is 39.9 Å². The van der Waals surface area contributed by atoms with Crippen LogP contribution >= 0.6 is 0 Å². The average Bonchev–Trinajstić information content (AvgIpc) is 2.10. The summed E-state index contributed by atoms with van der Waals surface area (Å²) in [7, 11) is 0. The van der Waals surface area contributed by atoms with Gasteiger partial charge in [0.1, 0.15) is 11.4 Å². The first-order valence-electron chi connectivity index (χ1n) is 5.08. The molecule has 4 nitrogen and oxygen atoms in total. The van der Waals surface area contributed by atoms with Crippen molar-refractivity contribution in [1.29, 1.82) is 0 Å². The van der Waals surface area contributed by atoms with Gasteiger partial charge in [0.15, 0.2) is 0 Å². The minimum atomic E-state index is 0.0501. The normalized spacial score (nSPS) is 10.8. The molecule has 0 amide bonds. The summed E-state index contributed by atoms with van der Waals surface area (Å²) >= 11 is 0. The Labute approximate surface area is 90.4 Å². The SMILES string of the molecule is CC(C)Oc1ccnc(OC(C)C)c1N. The number of nitrogens with two attached hydrogens (primary N) is 1. The molecule has 0 aliphatic heterocycles. The number of anilines is 1. The van der Waals surface area contributed by atoms with E-state index < -0.39 is 0 Å². The second kappa shape index (κ2) is 4.87. The molecule has 0 atom stereocenters. The molecule has 0 aromatic carbocycles. The molecule has 15 heavy (non-hydrogen) atoms. The van der Waals surface area contributed by atoms with Gasteiger partial charge in [-0.15, -0.1) is 0 Å². The van der Waals surface area contributed by atoms with E-state index in [1.54, 1.807) is 12.3 Å². The first kappa shape index (κ1) is 11.6. The van der Waals surface area contributed by atoms with E-state index in [0.717, 1.165) is 0 Å². The molecule has 0 aliphatic rings. The summed E-state index contributed by atoms with van der Waals surface area (Å²) in [6.07, 6.45) is 1.77. The lowest BCUT2D eigenvalue weighted by atomic mass is 10.3. The monoisotopic (exact) mass is 210 g/mol. The highest BCUT2D eigenvalue weighted by Gasteiger charge is 2.10. The summed E-state index contributed by atoms with van der Waals surface area (Å²) in [5.74, 6) is 1.05. The van der Waals surface area contributed by atoms with E-state index in [1.165, 1.54) is 0 Å². The molecule has 1 aromatic rings. The quantitative estimate of drug-likeness (QED) is 0.828. The standard InChI is InChI=1S/C11H18N2O2/c1-7(2)14-9-5-6-13-11(10(9)12)15-8(3)4/h5-8H,12H2,1-4H3. The summed E-state index contributed by atoms with van der Waals surface area (Å²) in [5.41, 5.74) is 6.33. The lowest BCUT2D eigenvalue weighted by molar-refractivity contribution is 0.225. The molecule has 1 rings (SSSR count). The molecule has 1 heterocycles. The van der Waals surface area contributed by atoms with E-state index in [0.29, 0.717) is 17.3 Å². The Hall–Kier alpha value is -1.45. The molecule has 0 spiro atoms. The van der Waals surface area contributed by atoms with Crippen molar-refractivity contribution in [2.75, 3.05) is 5.73 Å². The van der Waals surface area contributed by atoms with Gasteiger partial charge in [-0.1, -0.05) is 0 Å². The lowest BCUT2D eigenvalue weighted by Crippen LogP contribution is -2.12. The molecule has 4 heteroatoms. The van der Waals surface area contributed by atoms with Gasteiger partial charge in [-0.05, 0) is 27.7 Å². The van der Waals surface area contributed by atoms with Crippen LogP contribution in [0.1, 0.15) is 27.7 Å². The summed E-state index contributed by atoms with van der Waals surface area (Å²) < 4.78 is 11.0. The molecule has 2 N–H and O–H groups in total. The van der Waals surface area contributed by atoms with Gasteiger partial charge in [0.05, 0.1) is 12.2 Å². The molecule has 1 aromatic heterocycles. The van der Waals surface area contributed by atoms with Crippen LogP contribution in [0.25, 0.3) is 0 Å². The maximum Gasteiger partial charge on any atom is 0.241 e. The molecular formula is C11H18N2O2. The van der Waals surface area contributed by atoms with Gasteiger partial charge in [0, 0.05) is 12.3 Å². The summed E-state index contributed by atoms with van der Waals surface area (Å²) in [6, 6.07) is 1.74. The van der Waals surface area contributed by atoms with Crippen LogP contribution in [0, 0.1) is 0 Å². The van der Waals surface area contributed by atoms with Crippen molar-refractivity contribution in [2.24, 2.45) is 0 Å². The molecule has 0 aliphatic carbocycles. The molecule has 0 unspecified atom stereocenters. The zero-order chi connectivity index (χ0) is 11.4. The van der Waals surface area contributed by atoms with Crippen LogP contribution in [0.5, 0.6) is 11.6 Å². The number of nitrogen functional groups attached to an aromatic ring is 1. The van der Waals surface area contributed by atoms with Crippen LogP contribution in [-0.2, 0) is 0 Å². The number of pyridine rings is 1. The summed E-state index contributed by atoms with van der Waals surface area (Å²) in [6.45, 7) is 7.75. The molecule has 0 fully saturated rings. The van der Waals surface area contributed by atoms with Gasteiger partial charge in [0.25, 0.3) is 0 Å². The van der Waals surface area contributed by atoms with Gasteiger partial charge >= 0.3 is 0 Å². The van der Waals surface area contributed by atoms with Crippen LogP contribution in [-0.4, -0.2) is 17.2 Å². The fourth-order valence-electron chi connectivity index (χ4n) is 1.11. The maximum absolute atomic E-state index is 5.87. The van der Waals surface area contributed by atoms with Crippen LogP contribution < -0.4 is 15.2 Å². The Morgan fingerprint density at radius 1 is 1.13 bits per heavy atom. The number of ether oxygens (including phenoxy) is 2. The highest BCUT2D eigenvalue weighted by Crippen LogP contribution is 2.30. The van der Waals surface area contributed by atoms with Gasteiger partial charge in [0.2, 0.25) is 5.88 Å². The highest BCUT2D eigenvalue weighted by molar-refractivity contribution is 5.59. The Morgan fingerprint density at radius 3 is 2.27 bits per heavy atom. The smallest absolute Gasteiger partial charge is 0.241 e.